The zero-order valence-corrected chi connectivity index (χ0v) is 28.3. The molecule has 2 bridgehead atoms. The molecule has 0 aromatic heterocycles. The minimum absolute atomic E-state index is 0.246. The summed E-state index contributed by atoms with van der Waals surface area (Å²) in [4.78, 5) is 48.8. The second kappa shape index (κ2) is 12.9. The number of amides is 3. The van der Waals surface area contributed by atoms with Crippen LogP contribution in [-0.2, 0) is 24.2 Å². The van der Waals surface area contributed by atoms with Gasteiger partial charge in [0.15, 0.2) is 28.2 Å². The highest BCUT2D eigenvalue weighted by atomic mass is 35.5. The molecule has 17 heteroatoms. The van der Waals surface area contributed by atoms with Gasteiger partial charge in [-0.2, -0.15) is 0 Å². The quantitative estimate of drug-likeness (QED) is 0.309. The summed E-state index contributed by atoms with van der Waals surface area (Å²) in [5, 5.41) is 27.8. The molecule has 3 aliphatic rings. The van der Waals surface area contributed by atoms with Gasteiger partial charge in [-0.1, -0.05) is 11.6 Å². The standard InChI is InChI=1S/C32H35ClF3N3O9S/c1-30(2,3)48-29(43)39-14-20(40)11-24(39)28(42)37-15-32(45)17-5-6-18(32)13-31(44,12-17)49(46,47)25-8-16(4-7-21(25)33)27(41)38-19-9-22(34)26(36)23(35)10-19/h4,7-10,17-18,24,44-45H,5-6,11-15H2,1-3H3,(H,37,42)(H,38,41)/t17?,18?,24-,31-,32-/m0/s1. The first-order valence-electron chi connectivity index (χ1n) is 15.4. The maximum atomic E-state index is 13.9. The van der Waals surface area contributed by atoms with Gasteiger partial charge in [-0.15, -0.1) is 0 Å². The third kappa shape index (κ3) is 7.00. The van der Waals surface area contributed by atoms with Crippen LogP contribution in [0.3, 0.4) is 0 Å². The van der Waals surface area contributed by atoms with Crippen molar-refractivity contribution in [3.8, 4) is 0 Å². The Hall–Kier alpha value is -3.73. The summed E-state index contributed by atoms with van der Waals surface area (Å²) in [6.45, 7) is 4.25. The normalized spacial score (nSPS) is 26.8. The van der Waals surface area contributed by atoms with Crippen LogP contribution in [0.1, 0.15) is 63.2 Å². The number of hydrogen-bond donors (Lipinski definition) is 4. The Morgan fingerprint density at radius 1 is 1.04 bits per heavy atom. The minimum Gasteiger partial charge on any atom is -0.444 e. The van der Waals surface area contributed by atoms with Crippen LogP contribution in [0.25, 0.3) is 0 Å². The number of carbonyl (C=O) groups excluding carboxylic acids is 4. The molecule has 12 nitrogen and oxygen atoms in total. The maximum Gasteiger partial charge on any atom is 0.411 e. The zero-order chi connectivity index (χ0) is 36.3. The largest absolute Gasteiger partial charge is 0.444 e. The van der Waals surface area contributed by atoms with Gasteiger partial charge in [0, 0.05) is 36.3 Å². The summed E-state index contributed by atoms with van der Waals surface area (Å²) in [5.74, 6) is -8.54. The van der Waals surface area contributed by atoms with Crippen molar-refractivity contribution in [1.29, 1.82) is 0 Å². The summed E-state index contributed by atoms with van der Waals surface area (Å²) < 4.78 is 73.8. The number of anilines is 1. The molecule has 266 valence electrons. The number of rotatable bonds is 7. The van der Waals surface area contributed by atoms with E-state index in [2.05, 4.69) is 10.6 Å². The van der Waals surface area contributed by atoms with Crippen LogP contribution in [0.4, 0.5) is 23.7 Å². The average Bonchev–Trinajstić information content (AvgIpc) is 3.45. The second-order valence-electron chi connectivity index (χ2n) is 13.8. The second-order valence-corrected chi connectivity index (χ2v) is 16.4. The third-order valence-corrected chi connectivity index (χ3v) is 11.9. The van der Waals surface area contributed by atoms with Gasteiger partial charge in [0.05, 0.1) is 22.1 Å². The number of hydrogen-bond acceptors (Lipinski definition) is 9. The Morgan fingerprint density at radius 2 is 1.63 bits per heavy atom. The Bertz CT molecular complexity index is 1800. The fourth-order valence-corrected chi connectivity index (χ4v) is 9.10. The highest BCUT2D eigenvalue weighted by Gasteiger charge is 2.62. The molecule has 3 fully saturated rings. The highest BCUT2D eigenvalue weighted by Crippen LogP contribution is 2.55. The molecule has 2 unspecified atom stereocenters. The molecule has 2 aliphatic carbocycles. The predicted molar refractivity (Wildman–Crippen MR) is 168 cm³/mol. The average molecular weight is 730 g/mol. The summed E-state index contributed by atoms with van der Waals surface area (Å²) >= 11 is 6.24. The summed E-state index contributed by atoms with van der Waals surface area (Å²) in [6, 6.07) is 3.04. The van der Waals surface area contributed by atoms with E-state index in [1.54, 1.807) is 20.8 Å². The van der Waals surface area contributed by atoms with E-state index < -0.39 is 103 Å². The Balaban J connectivity index is 1.31. The monoisotopic (exact) mass is 729 g/mol. The van der Waals surface area contributed by atoms with E-state index in [9.17, 15) is 51.0 Å². The zero-order valence-electron chi connectivity index (χ0n) is 26.7. The van der Waals surface area contributed by atoms with Gasteiger partial charge >= 0.3 is 6.09 Å². The van der Waals surface area contributed by atoms with Crippen LogP contribution in [0.5, 0.6) is 0 Å². The maximum absolute atomic E-state index is 13.9. The molecule has 1 saturated heterocycles. The minimum atomic E-state index is -4.72. The number of carbonyl (C=O) groups is 4. The number of Topliss-reactive ketones (excluding diaryl/α,β-unsaturated/α-hetero) is 1. The summed E-state index contributed by atoms with van der Waals surface area (Å²) in [7, 11) is -4.72. The van der Waals surface area contributed by atoms with Gasteiger partial charge in [-0.3, -0.25) is 19.3 Å². The Kier molecular flexibility index (Phi) is 9.60. The van der Waals surface area contributed by atoms with Crippen molar-refractivity contribution in [3.05, 3.63) is 58.4 Å². The molecule has 5 rings (SSSR count). The van der Waals surface area contributed by atoms with E-state index in [1.807, 2.05) is 0 Å². The number of fused-ring (bicyclic) bond motifs is 2. The number of aliphatic hydroxyl groups is 2. The fourth-order valence-electron chi connectivity index (χ4n) is 6.82. The van der Waals surface area contributed by atoms with Crippen molar-refractivity contribution in [2.75, 3.05) is 18.4 Å². The van der Waals surface area contributed by atoms with E-state index >= 15 is 0 Å². The Labute approximate surface area is 284 Å². The number of nitrogens with zero attached hydrogens (tertiary/aromatic N) is 1. The first-order valence-corrected chi connectivity index (χ1v) is 17.2. The fraction of sp³-hybridized carbons (Fsp3) is 0.500. The molecule has 1 aliphatic heterocycles. The lowest BCUT2D eigenvalue weighted by molar-refractivity contribution is -0.131. The summed E-state index contributed by atoms with van der Waals surface area (Å²) in [5.41, 5.74) is -3.25. The number of sulfone groups is 1. The molecular formula is C32H35ClF3N3O9S. The molecule has 4 N–H and O–H groups in total. The summed E-state index contributed by atoms with van der Waals surface area (Å²) in [6.07, 6.45) is -1.38. The van der Waals surface area contributed by atoms with Crippen LogP contribution in [0, 0.1) is 29.3 Å². The smallest absolute Gasteiger partial charge is 0.411 e. The third-order valence-electron chi connectivity index (χ3n) is 9.25. The molecule has 0 spiro atoms. The number of halogens is 4. The van der Waals surface area contributed by atoms with E-state index in [0.29, 0.717) is 25.0 Å². The molecule has 1 heterocycles. The van der Waals surface area contributed by atoms with Gasteiger partial charge in [-0.05, 0) is 76.5 Å². The Morgan fingerprint density at radius 3 is 2.20 bits per heavy atom. The van der Waals surface area contributed by atoms with E-state index in [1.165, 1.54) is 0 Å². The van der Waals surface area contributed by atoms with Crippen molar-refractivity contribution >= 4 is 50.8 Å². The topological polar surface area (TPSA) is 179 Å². The molecule has 49 heavy (non-hydrogen) atoms. The molecule has 3 amide bonds. The van der Waals surface area contributed by atoms with Crippen LogP contribution < -0.4 is 10.6 Å². The van der Waals surface area contributed by atoms with Crippen LogP contribution in [0.15, 0.2) is 35.2 Å². The van der Waals surface area contributed by atoms with Gasteiger partial charge in [-0.25, -0.2) is 26.4 Å². The van der Waals surface area contributed by atoms with Crippen molar-refractivity contribution < 1.29 is 55.7 Å². The van der Waals surface area contributed by atoms with Crippen LogP contribution in [-0.4, -0.2) is 82.5 Å². The lowest BCUT2D eigenvalue weighted by atomic mass is 9.73. The number of benzene rings is 2. The molecular weight excluding hydrogens is 695 g/mol. The SMILES string of the molecule is CC(C)(C)OC(=O)N1CC(=O)C[C@H]1C(=O)NC[C@]1(O)C2CCC1C[C@@](O)(S(=O)(=O)c1cc(C(=O)Nc3cc(F)c(F)c(F)c3)ccc1Cl)C2. The van der Waals surface area contributed by atoms with E-state index in [-0.39, 0.29) is 35.9 Å². The lowest BCUT2D eigenvalue weighted by Crippen LogP contribution is -2.60. The number of likely N-dealkylation sites (tertiary alicyclic amines) is 1. The van der Waals surface area contributed by atoms with E-state index in [0.717, 1.165) is 23.1 Å². The molecule has 0 radical (unpaired) electrons. The predicted octanol–water partition coefficient (Wildman–Crippen LogP) is 3.72. The molecule has 3 atom stereocenters. The van der Waals surface area contributed by atoms with Crippen LogP contribution >= 0.6 is 11.6 Å². The van der Waals surface area contributed by atoms with E-state index in [4.69, 9.17) is 16.3 Å². The first-order chi connectivity index (χ1) is 22.6. The lowest BCUT2D eigenvalue weighted by Gasteiger charge is -2.46. The van der Waals surface area contributed by atoms with Crippen LogP contribution in [0.2, 0.25) is 5.02 Å². The van der Waals surface area contributed by atoms with Crippen molar-refractivity contribution in [1.82, 2.24) is 10.2 Å². The van der Waals surface area contributed by atoms with Gasteiger partial charge < -0.3 is 25.6 Å². The molecule has 2 aromatic carbocycles. The van der Waals surface area contributed by atoms with Crippen molar-refractivity contribution in [2.45, 2.75) is 79.9 Å². The number of nitrogens with one attached hydrogen (secondary N) is 2. The molecule has 2 aromatic rings. The van der Waals surface area contributed by atoms with Gasteiger partial charge in [0.2, 0.25) is 15.7 Å². The first kappa shape index (κ1) is 36.5. The van der Waals surface area contributed by atoms with Crippen molar-refractivity contribution in [2.24, 2.45) is 11.8 Å². The highest BCUT2D eigenvalue weighted by molar-refractivity contribution is 7.92. The van der Waals surface area contributed by atoms with Gasteiger partial charge in [0.25, 0.3) is 5.91 Å². The van der Waals surface area contributed by atoms with Crippen molar-refractivity contribution in [3.63, 3.8) is 0 Å². The number of ether oxygens (including phenoxy) is 1. The van der Waals surface area contributed by atoms with Gasteiger partial charge in [0.1, 0.15) is 11.6 Å². The molecule has 2 saturated carbocycles. The number of ketones is 1.